The summed E-state index contributed by atoms with van der Waals surface area (Å²) in [6.45, 7) is 2.25. The Kier molecular flexibility index (Phi) is 3.07. The second-order valence-corrected chi connectivity index (χ2v) is 5.50. The largest absolute Gasteiger partial charge is 0.319 e. The fourth-order valence-electron chi connectivity index (χ4n) is 2.36. The molecule has 1 aromatic rings. The van der Waals surface area contributed by atoms with E-state index >= 15 is 0 Å². The van der Waals surface area contributed by atoms with Crippen molar-refractivity contribution in [2.75, 3.05) is 0 Å². The van der Waals surface area contributed by atoms with E-state index in [2.05, 4.69) is 32.8 Å². The zero-order valence-electron chi connectivity index (χ0n) is 8.91. The fraction of sp³-hybridized carbons (Fsp3) is 0.636. The second kappa shape index (κ2) is 4.18. The molecule has 1 fully saturated rings. The minimum absolute atomic E-state index is 0.307. The molecule has 0 amide bonds. The Bertz CT molecular complexity index is 338. The van der Waals surface area contributed by atoms with Gasteiger partial charge in [-0.15, -0.1) is 0 Å². The van der Waals surface area contributed by atoms with Crippen LogP contribution in [0.2, 0.25) is 0 Å². The van der Waals surface area contributed by atoms with Crippen molar-refractivity contribution in [3.63, 3.8) is 0 Å². The monoisotopic (exact) mass is 269 g/mol. The van der Waals surface area contributed by atoms with Crippen molar-refractivity contribution in [2.24, 2.45) is 11.7 Å². The van der Waals surface area contributed by atoms with Gasteiger partial charge in [0.25, 0.3) is 0 Å². The van der Waals surface area contributed by atoms with Gasteiger partial charge < -0.3 is 5.73 Å². The summed E-state index contributed by atoms with van der Waals surface area (Å²) in [7, 11) is 0. The van der Waals surface area contributed by atoms with Crippen LogP contribution >= 0.6 is 15.9 Å². The van der Waals surface area contributed by atoms with E-state index < -0.39 is 0 Å². The second-order valence-electron chi connectivity index (χ2n) is 4.58. The molecule has 0 spiro atoms. The first-order valence-corrected chi connectivity index (χ1v) is 6.16. The Morgan fingerprint density at radius 1 is 1.47 bits per heavy atom. The molecule has 2 atom stereocenters. The summed E-state index contributed by atoms with van der Waals surface area (Å²) in [4.78, 5) is 8.65. The number of halogens is 1. The maximum atomic E-state index is 6.38. The van der Waals surface area contributed by atoms with Gasteiger partial charge in [0.2, 0.25) is 0 Å². The van der Waals surface area contributed by atoms with E-state index in [1.165, 1.54) is 12.8 Å². The van der Waals surface area contributed by atoms with E-state index in [1.54, 1.807) is 12.4 Å². The normalized spacial score (nSPS) is 31.5. The zero-order valence-corrected chi connectivity index (χ0v) is 10.5. The zero-order chi connectivity index (χ0) is 10.9. The Balaban J connectivity index is 2.24. The van der Waals surface area contributed by atoms with Gasteiger partial charge in [0.05, 0.1) is 10.0 Å². The third kappa shape index (κ3) is 2.37. The van der Waals surface area contributed by atoms with Crippen LogP contribution < -0.4 is 5.73 Å². The number of nitrogens with two attached hydrogens (primary N) is 1. The molecule has 15 heavy (non-hydrogen) atoms. The first-order valence-electron chi connectivity index (χ1n) is 5.37. The van der Waals surface area contributed by atoms with E-state index in [9.17, 15) is 0 Å². The van der Waals surface area contributed by atoms with Crippen LogP contribution in [0.3, 0.4) is 0 Å². The predicted octanol–water partition coefficient (Wildman–Crippen LogP) is 2.60. The first kappa shape index (κ1) is 11.0. The van der Waals surface area contributed by atoms with Crippen LogP contribution in [0.25, 0.3) is 0 Å². The molecule has 0 saturated heterocycles. The highest BCUT2D eigenvalue weighted by atomic mass is 79.9. The van der Waals surface area contributed by atoms with Gasteiger partial charge in [-0.1, -0.05) is 19.8 Å². The van der Waals surface area contributed by atoms with Gasteiger partial charge in [-0.05, 0) is 34.7 Å². The molecule has 0 bridgehead atoms. The van der Waals surface area contributed by atoms with Gasteiger partial charge >= 0.3 is 0 Å². The van der Waals surface area contributed by atoms with Crippen LogP contribution in [0.15, 0.2) is 16.9 Å². The molecule has 1 aromatic heterocycles. The summed E-state index contributed by atoms with van der Waals surface area (Å²) in [5.41, 5.74) is 6.07. The molecule has 2 unspecified atom stereocenters. The lowest BCUT2D eigenvalue weighted by molar-refractivity contribution is 0.228. The fourth-order valence-corrected chi connectivity index (χ4v) is 2.57. The standard InChI is InChI=1S/C11H16BrN3/c1-8-3-2-4-11(13,5-8)10-14-6-9(12)7-15-10/h6-8H,2-5,13H2,1H3. The lowest BCUT2D eigenvalue weighted by Gasteiger charge is -2.35. The Hall–Kier alpha value is -0.480. The van der Waals surface area contributed by atoms with Gasteiger partial charge in [-0.3, -0.25) is 0 Å². The van der Waals surface area contributed by atoms with Crippen LogP contribution in [-0.4, -0.2) is 9.97 Å². The first-order chi connectivity index (χ1) is 7.10. The molecule has 0 radical (unpaired) electrons. The Labute approximate surface area is 98.6 Å². The number of rotatable bonds is 1. The number of hydrogen-bond acceptors (Lipinski definition) is 3. The highest BCUT2D eigenvalue weighted by molar-refractivity contribution is 9.10. The van der Waals surface area contributed by atoms with Crippen LogP contribution in [0.4, 0.5) is 0 Å². The van der Waals surface area contributed by atoms with Gasteiger partial charge in [-0.25, -0.2) is 9.97 Å². The van der Waals surface area contributed by atoms with Crippen molar-refractivity contribution in [1.29, 1.82) is 0 Å². The van der Waals surface area contributed by atoms with Crippen molar-refractivity contribution in [2.45, 2.75) is 38.1 Å². The molecule has 3 nitrogen and oxygen atoms in total. The maximum absolute atomic E-state index is 6.38. The van der Waals surface area contributed by atoms with Crippen molar-refractivity contribution in [1.82, 2.24) is 9.97 Å². The van der Waals surface area contributed by atoms with Crippen molar-refractivity contribution < 1.29 is 0 Å². The number of hydrogen-bond donors (Lipinski definition) is 1. The predicted molar refractivity (Wildman–Crippen MR) is 63.2 cm³/mol. The van der Waals surface area contributed by atoms with Crippen LogP contribution in [0.1, 0.15) is 38.4 Å². The van der Waals surface area contributed by atoms with Crippen molar-refractivity contribution >= 4 is 15.9 Å². The summed E-state index contributed by atoms with van der Waals surface area (Å²) in [5.74, 6) is 1.47. The molecule has 0 aromatic carbocycles. The van der Waals surface area contributed by atoms with Crippen molar-refractivity contribution in [3.8, 4) is 0 Å². The van der Waals surface area contributed by atoms with Crippen LogP contribution in [0.5, 0.6) is 0 Å². The molecule has 1 heterocycles. The molecule has 1 aliphatic rings. The topological polar surface area (TPSA) is 51.8 Å². The number of nitrogens with zero attached hydrogens (tertiary/aromatic N) is 2. The molecular formula is C11H16BrN3. The molecule has 0 aliphatic heterocycles. The van der Waals surface area contributed by atoms with E-state index in [0.29, 0.717) is 5.92 Å². The third-order valence-corrected chi connectivity index (χ3v) is 3.51. The SMILES string of the molecule is CC1CCCC(N)(c2ncc(Br)cn2)C1. The molecule has 82 valence electrons. The lowest BCUT2D eigenvalue weighted by atomic mass is 9.76. The van der Waals surface area contributed by atoms with Gasteiger partial charge in [0.1, 0.15) is 5.82 Å². The van der Waals surface area contributed by atoms with E-state index in [4.69, 9.17) is 5.73 Å². The third-order valence-electron chi connectivity index (χ3n) is 3.10. The van der Waals surface area contributed by atoms with Crippen LogP contribution in [-0.2, 0) is 5.54 Å². The Morgan fingerprint density at radius 2 is 2.13 bits per heavy atom. The summed E-state index contributed by atoms with van der Waals surface area (Å²) in [5, 5.41) is 0. The molecule has 1 aliphatic carbocycles. The smallest absolute Gasteiger partial charge is 0.148 e. The van der Waals surface area contributed by atoms with Crippen LogP contribution in [0, 0.1) is 5.92 Å². The molecule has 4 heteroatoms. The minimum Gasteiger partial charge on any atom is -0.319 e. The molecule has 2 N–H and O–H groups in total. The molecular weight excluding hydrogens is 254 g/mol. The summed E-state index contributed by atoms with van der Waals surface area (Å²) < 4.78 is 0.902. The minimum atomic E-state index is -0.307. The van der Waals surface area contributed by atoms with E-state index in [-0.39, 0.29) is 5.54 Å². The maximum Gasteiger partial charge on any atom is 0.148 e. The molecule has 2 rings (SSSR count). The Morgan fingerprint density at radius 3 is 2.73 bits per heavy atom. The number of aromatic nitrogens is 2. The quantitative estimate of drug-likeness (QED) is 0.853. The summed E-state index contributed by atoms with van der Waals surface area (Å²) in [6.07, 6.45) is 7.99. The molecule has 1 saturated carbocycles. The summed E-state index contributed by atoms with van der Waals surface area (Å²) >= 11 is 3.33. The van der Waals surface area contributed by atoms with Crippen molar-refractivity contribution in [3.05, 3.63) is 22.7 Å². The van der Waals surface area contributed by atoms with E-state index in [0.717, 1.165) is 23.1 Å². The average Bonchev–Trinajstić information content (AvgIpc) is 2.18. The highest BCUT2D eigenvalue weighted by Gasteiger charge is 2.34. The summed E-state index contributed by atoms with van der Waals surface area (Å²) in [6, 6.07) is 0. The van der Waals surface area contributed by atoms with Gasteiger partial charge in [-0.2, -0.15) is 0 Å². The van der Waals surface area contributed by atoms with E-state index in [1.807, 2.05) is 0 Å². The lowest BCUT2D eigenvalue weighted by Crippen LogP contribution is -2.42. The van der Waals surface area contributed by atoms with Gasteiger partial charge in [0, 0.05) is 12.4 Å². The highest BCUT2D eigenvalue weighted by Crippen LogP contribution is 2.36. The average molecular weight is 270 g/mol. The van der Waals surface area contributed by atoms with Gasteiger partial charge in [0.15, 0.2) is 0 Å².